The lowest BCUT2D eigenvalue weighted by Gasteiger charge is -2.16. The molecule has 3 aromatic carbocycles. The third-order valence-electron chi connectivity index (χ3n) is 4.98. The number of benzene rings is 3. The molecule has 0 spiro atoms. The summed E-state index contributed by atoms with van der Waals surface area (Å²) < 4.78 is 17.8. The van der Waals surface area contributed by atoms with E-state index in [-0.39, 0.29) is 5.24 Å². The van der Waals surface area contributed by atoms with Gasteiger partial charge in [0.05, 0.1) is 28.8 Å². The normalized spacial score (nSPS) is 14.6. The van der Waals surface area contributed by atoms with E-state index in [1.54, 1.807) is 36.4 Å². The van der Waals surface area contributed by atoms with Crippen LogP contribution in [0.3, 0.4) is 0 Å². The van der Waals surface area contributed by atoms with Crippen molar-refractivity contribution in [2.45, 2.75) is 13.5 Å². The Morgan fingerprint density at radius 1 is 0.971 bits per heavy atom. The van der Waals surface area contributed by atoms with E-state index in [4.69, 9.17) is 14.2 Å². The van der Waals surface area contributed by atoms with Gasteiger partial charge in [-0.05, 0) is 76.1 Å². The van der Waals surface area contributed by atoms with E-state index in [0.29, 0.717) is 51.1 Å². The molecule has 174 valence electrons. The quantitative estimate of drug-likeness (QED) is 0.297. The van der Waals surface area contributed by atoms with Crippen LogP contribution in [0.25, 0.3) is 6.08 Å². The maximum Gasteiger partial charge on any atom is 0.298 e. The van der Waals surface area contributed by atoms with Crippen LogP contribution in [0.5, 0.6) is 17.2 Å². The number of nitrogens with zero attached hydrogens (tertiary/aromatic N) is 1. The zero-order valence-corrected chi connectivity index (χ0v) is 21.0. The number of amides is 2. The van der Waals surface area contributed by atoms with Gasteiger partial charge in [0.1, 0.15) is 12.4 Å². The van der Waals surface area contributed by atoms with Gasteiger partial charge in [0.15, 0.2) is 11.5 Å². The average Bonchev–Trinajstić information content (AvgIpc) is 3.11. The summed E-state index contributed by atoms with van der Waals surface area (Å²) in [5.41, 5.74) is 2.15. The van der Waals surface area contributed by atoms with Gasteiger partial charge in [-0.15, -0.1) is 0 Å². The highest BCUT2D eigenvalue weighted by Crippen LogP contribution is 2.42. The molecular formula is C26H22BrNO5S. The van der Waals surface area contributed by atoms with E-state index in [9.17, 15) is 9.59 Å². The van der Waals surface area contributed by atoms with Crippen LogP contribution in [-0.2, 0) is 11.4 Å². The second-order valence-corrected chi connectivity index (χ2v) is 9.07. The Morgan fingerprint density at radius 2 is 1.71 bits per heavy atom. The Balaban J connectivity index is 1.62. The molecule has 3 aromatic rings. The van der Waals surface area contributed by atoms with Gasteiger partial charge in [0, 0.05) is 0 Å². The summed E-state index contributed by atoms with van der Waals surface area (Å²) in [6.45, 7) is 2.72. The van der Waals surface area contributed by atoms with Gasteiger partial charge in [-0.25, -0.2) is 4.90 Å². The molecule has 0 saturated carbocycles. The van der Waals surface area contributed by atoms with Crippen molar-refractivity contribution in [1.82, 2.24) is 0 Å². The fourth-order valence-corrected chi connectivity index (χ4v) is 4.85. The molecule has 1 aliphatic rings. The largest absolute Gasteiger partial charge is 0.495 e. The van der Waals surface area contributed by atoms with Crippen LogP contribution in [0.15, 0.2) is 76.1 Å². The fourth-order valence-electron chi connectivity index (χ4n) is 3.45. The number of carbonyl (C=O) groups excluding carboxylic acids is 2. The Hall–Kier alpha value is -3.23. The van der Waals surface area contributed by atoms with E-state index < -0.39 is 5.91 Å². The highest BCUT2D eigenvalue weighted by atomic mass is 79.9. The predicted molar refractivity (Wildman–Crippen MR) is 138 cm³/mol. The van der Waals surface area contributed by atoms with Crippen molar-refractivity contribution in [3.8, 4) is 17.2 Å². The van der Waals surface area contributed by atoms with Gasteiger partial charge < -0.3 is 14.2 Å². The Morgan fingerprint density at radius 3 is 2.44 bits per heavy atom. The molecule has 0 aromatic heterocycles. The number of imide groups is 1. The highest BCUT2D eigenvalue weighted by Gasteiger charge is 2.37. The summed E-state index contributed by atoms with van der Waals surface area (Å²) in [7, 11) is 1.50. The van der Waals surface area contributed by atoms with Crippen LogP contribution >= 0.6 is 27.7 Å². The topological polar surface area (TPSA) is 65.1 Å². The molecule has 0 bridgehead atoms. The molecule has 34 heavy (non-hydrogen) atoms. The second-order valence-electron chi connectivity index (χ2n) is 7.23. The first kappa shape index (κ1) is 23.9. The van der Waals surface area contributed by atoms with Crippen molar-refractivity contribution in [3.05, 3.63) is 87.2 Å². The number of ether oxygens (including phenoxy) is 3. The number of anilines is 1. The number of methoxy groups -OCH3 is 1. The zero-order chi connectivity index (χ0) is 24.1. The third-order valence-corrected chi connectivity index (χ3v) is 6.43. The lowest BCUT2D eigenvalue weighted by molar-refractivity contribution is -0.113. The number of carbonyl (C=O) groups is 2. The number of para-hydroxylation sites is 2. The summed E-state index contributed by atoms with van der Waals surface area (Å²) in [5.74, 6) is 1.17. The number of halogens is 1. The average molecular weight is 540 g/mol. The summed E-state index contributed by atoms with van der Waals surface area (Å²) in [5, 5.41) is -0.382. The van der Waals surface area contributed by atoms with Gasteiger partial charge in [0.2, 0.25) is 0 Å². The monoisotopic (exact) mass is 539 g/mol. The van der Waals surface area contributed by atoms with Crippen LogP contribution in [0.2, 0.25) is 0 Å². The van der Waals surface area contributed by atoms with Crippen molar-refractivity contribution in [2.75, 3.05) is 18.6 Å². The van der Waals surface area contributed by atoms with Crippen molar-refractivity contribution >= 4 is 50.6 Å². The number of hydrogen-bond donors (Lipinski definition) is 0. The zero-order valence-electron chi connectivity index (χ0n) is 18.6. The molecule has 0 atom stereocenters. The summed E-state index contributed by atoms with van der Waals surface area (Å²) >= 11 is 4.45. The van der Waals surface area contributed by atoms with Crippen molar-refractivity contribution in [2.24, 2.45) is 0 Å². The van der Waals surface area contributed by atoms with Crippen molar-refractivity contribution in [1.29, 1.82) is 0 Å². The third kappa shape index (κ3) is 5.13. The SMILES string of the molecule is CCOc1cc(/C=C2\SC(=O)N(c3ccccc3OC)C2=O)cc(Br)c1OCc1ccccc1. The van der Waals surface area contributed by atoms with Gasteiger partial charge in [-0.2, -0.15) is 0 Å². The Labute approximate surface area is 210 Å². The molecule has 0 radical (unpaired) electrons. The second kappa shape index (κ2) is 10.8. The maximum atomic E-state index is 13.1. The number of hydrogen-bond acceptors (Lipinski definition) is 6. The van der Waals surface area contributed by atoms with E-state index in [0.717, 1.165) is 22.2 Å². The summed E-state index contributed by atoms with van der Waals surface area (Å²) in [6, 6.07) is 20.4. The Bertz CT molecular complexity index is 1250. The van der Waals surface area contributed by atoms with Gasteiger partial charge in [-0.3, -0.25) is 9.59 Å². The standard InChI is InChI=1S/C26H22BrNO5S/c1-3-32-22-14-18(13-19(27)24(22)33-16-17-9-5-4-6-10-17)15-23-25(29)28(26(30)34-23)20-11-7-8-12-21(20)31-2/h4-15H,3,16H2,1-2H3/b23-15-. The first-order chi connectivity index (χ1) is 16.5. The highest BCUT2D eigenvalue weighted by molar-refractivity contribution is 9.10. The molecule has 8 heteroatoms. The van der Waals surface area contributed by atoms with Crippen molar-refractivity contribution in [3.63, 3.8) is 0 Å². The minimum absolute atomic E-state index is 0.309. The predicted octanol–water partition coefficient (Wildman–Crippen LogP) is 6.68. The molecular weight excluding hydrogens is 518 g/mol. The Kier molecular flexibility index (Phi) is 7.59. The minimum atomic E-state index is -0.405. The van der Waals surface area contributed by atoms with Gasteiger partial charge in [-0.1, -0.05) is 42.5 Å². The molecule has 1 saturated heterocycles. The lowest BCUT2D eigenvalue weighted by Crippen LogP contribution is -2.28. The fraction of sp³-hybridized carbons (Fsp3) is 0.154. The first-order valence-electron chi connectivity index (χ1n) is 10.6. The molecule has 4 rings (SSSR count). The minimum Gasteiger partial charge on any atom is -0.495 e. The molecule has 2 amide bonds. The van der Waals surface area contributed by atoms with E-state index in [2.05, 4.69) is 15.9 Å². The van der Waals surface area contributed by atoms with E-state index in [1.807, 2.05) is 43.3 Å². The number of thioether (sulfide) groups is 1. The molecule has 6 nitrogen and oxygen atoms in total. The van der Waals surface area contributed by atoms with Gasteiger partial charge in [0.25, 0.3) is 11.1 Å². The molecule has 1 heterocycles. The van der Waals surface area contributed by atoms with Crippen molar-refractivity contribution < 1.29 is 23.8 Å². The number of rotatable bonds is 8. The van der Waals surface area contributed by atoms with Crippen LogP contribution in [-0.4, -0.2) is 24.9 Å². The molecule has 0 aliphatic carbocycles. The lowest BCUT2D eigenvalue weighted by atomic mass is 10.1. The maximum absolute atomic E-state index is 13.1. The molecule has 0 N–H and O–H groups in total. The van der Waals surface area contributed by atoms with Crippen LogP contribution < -0.4 is 19.1 Å². The molecule has 1 fully saturated rings. The van der Waals surface area contributed by atoms with Crippen LogP contribution in [0.4, 0.5) is 10.5 Å². The first-order valence-corrected chi connectivity index (χ1v) is 12.2. The van der Waals surface area contributed by atoms with Crippen LogP contribution in [0, 0.1) is 0 Å². The van der Waals surface area contributed by atoms with Crippen LogP contribution in [0.1, 0.15) is 18.1 Å². The summed E-state index contributed by atoms with van der Waals surface area (Å²) in [4.78, 5) is 27.2. The smallest absolute Gasteiger partial charge is 0.298 e. The molecule has 0 unspecified atom stereocenters. The molecule has 1 aliphatic heterocycles. The van der Waals surface area contributed by atoms with Gasteiger partial charge >= 0.3 is 0 Å². The summed E-state index contributed by atoms with van der Waals surface area (Å²) in [6.07, 6.45) is 1.68. The van der Waals surface area contributed by atoms with E-state index in [1.165, 1.54) is 7.11 Å². The van der Waals surface area contributed by atoms with E-state index >= 15 is 0 Å².